The molecule has 1 amide bonds. The van der Waals surface area contributed by atoms with Crippen LogP contribution in [0.25, 0.3) is 10.2 Å². The lowest BCUT2D eigenvalue weighted by Gasteiger charge is -2.26. The molecule has 4 rings (SSSR count). The lowest BCUT2D eigenvalue weighted by Crippen LogP contribution is -2.40. The molecule has 1 aliphatic rings. The highest BCUT2D eigenvalue weighted by atomic mass is 79.9. The van der Waals surface area contributed by atoms with Gasteiger partial charge in [-0.15, -0.1) is 12.4 Å². The number of fused-ring (bicyclic) bond motifs is 1. The molecular formula is C22H26BrClN4O4S2. The Balaban J connectivity index is 0.00000324. The predicted molar refractivity (Wildman–Crippen MR) is 141 cm³/mol. The number of sulfonamides is 1. The van der Waals surface area contributed by atoms with Gasteiger partial charge in [0.1, 0.15) is 0 Å². The lowest BCUT2D eigenvalue weighted by atomic mass is 10.2. The summed E-state index contributed by atoms with van der Waals surface area (Å²) < 4.78 is 34.4. The van der Waals surface area contributed by atoms with Crippen molar-refractivity contribution in [3.8, 4) is 0 Å². The SMILES string of the molecule is CN(C)CCN(C(=O)c1ccc(S(=O)(=O)N2CCOCC2)cc1)c1nc2ccc(Br)cc2s1.Cl. The molecule has 1 aliphatic heterocycles. The number of nitrogens with zero attached hydrogens (tertiary/aromatic N) is 4. The van der Waals surface area contributed by atoms with Crippen LogP contribution in [0.4, 0.5) is 5.13 Å². The smallest absolute Gasteiger partial charge is 0.260 e. The van der Waals surface area contributed by atoms with Crippen molar-refractivity contribution in [2.45, 2.75) is 4.90 Å². The fraction of sp³-hybridized carbons (Fsp3) is 0.364. The van der Waals surface area contributed by atoms with Crippen molar-refractivity contribution in [1.29, 1.82) is 0 Å². The zero-order valence-corrected chi connectivity index (χ0v) is 22.8. The molecule has 0 atom stereocenters. The van der Waals surface area contributed by atoms with Gasteiger partial charge in [-0.2, -0.15) is 4.31 Å². The molecule has 0 aliphatic carbocycles. The first kappa shape index (κ1) is 27.0. The lowest BCUT2D eigenvalue weighted by molar-refractivity contribution is 0.0730. The Kier molecular flexibility index (Phi) is 9.07. The van der Waals surface area contributed by atoms with Gasteiger partial charge in [-0.25, -0.2) is 13.4 Å². The van der Waals surface area contributed by atoms with Gasteiger partial charge in [-0.3, -0.25) is 9.69 Å². The molecule has 0 unspecified atom stereocenters. The number of carbonyl (C=O) groups is 1. The molecular weight excluding hydrogens is 564 g/mol. The number of thiazole rings is 1. The molecule has 1 aromatic heterocycles. The standard InChI is InChI=1S/C22H25BrN4O4S2.ClH/c1-25(2)9-10-27(22-24-19-8-5-17(23)15-20(19)32-22)21(28)16-3-6-18(7-4-16)33(29,30)26-11-13-31-14-12-26;/h3-8,15H,9-14H2,1-2H3;1H. The average molecular weight is 590 g/mol. The van der Waals surface area contributed by atoms with Gasteiger partial charge in [0.25, 0.3) is 5.91 Å². The van der Waals surface area contributed by atoms with Crippen molar-refractivity contribution < 1.29 is 17.9 Å². The summed E-state index contributed by atoms with van der Waals surface area (Å²) in [6.07, 6.45) is 0. The average Bonchev–Trinajstić information content (AvgIpc) is 3.22. The molecule has 184 valence electrons. The molecule has 0 saturated carbocycles. The van der Waals surface area contributed by atoms with E-state index in [1.54, 1.807) is 17.0 Å². The van der Waals surface area contributed by atoms with Gasteiger partial charge in [0.2, 0.25) is 10.0 Å². The molecule has 2 heterocycles. The molecule has 2 aromatic carbocycles. The molecule has 0 N–H and O–H groups in total. The maximum atomic E-state index is 13.5. The monoisotopic (exact) mass is 588 g/mol. The molecule has 34 heavy (non-hydrogen) atoms. The highest BCUT2D eigenvalue weighted by Crippen LogP contribution is 2.31. The third kappa shape index (κ3) is 5.96. The number of anilines is 1. The number of aromatic nitrogens is 1. The highest BCUT2D eigenvalue weighted by molar-refractivity contribution is 9.10. The van der Waals surface area contributed by atoms with Gasteiger partial charge in [-0.05, 0) is 56.6 Å². The number of carbonyl (C=O) groups excluding carboxylic acids is 1. The van der Waals surface area contributed by atoms with Gasteiger partial charge in [0.15, 0.2) is 5.13 Å². The second kappa shape index (κ2) is 11.4. The molecule has 3 aromatic rings. The van der Waals surface area contributed by atoms with E-state index in [4.69, 9.17) is 4.74 Å². The molecule has 12 heteroatoms. The first-order chi connectivity index (χ1) is 15.8. The Bertz CT molecular complexity index is 1250. The number of rotatable bonds is 7. The van der Waals surface area contributed by atoms with Gasteiger partial charge in [0, 0.05) is 36.2 Å². The molecule has 0 bridgehead atoms. The van der Waals surface area contributed by atoms with Crippen molar-refractivity contribution in [3.05, 3.63) is 52.5 Å². The maximum Gasteiger partial charge on any atom is 0.260 e. The van der Waals surface area contributed by atoms with Crippen LogP contribution in [0.1, 0.15) is 10.4 Å². The summed E-state index contributed by atoms with van der Waals surface area (Å²) in [6, 6.07) is 12.0. The predicted octanol–water partition coefficient (Wildman–Crippen LogP) is 3.71. The van der Waals surface area contributed by atoms with Crippen molar-refractivity contribution >= 4 is 71.0 Å². The quantitative estimate of drug-likeness (QED) is 0.418. The second-order valence-corrected chi connectivity index (χ2v) is 11.8. The third-order valence-electron chi connectivity index (χ3n) is 5.30. The van der Waals surface area contributed by atoms with Crippen LogP contribution >= 0.6 is 39.7 Å². The number of likely N-dealkylation sites (N-methyl/N-ethyl adjacent to an activating group) is 1. The van der Waals surface area contributed by atoms with Crippen molar-refractivity contribution in [1.82, 2.24) is 14.2 Å². The van der Waals surface area contributed by atoms with E-state index in [2.05, 4.69) is 20.9 Å². The first-order valence-electron chi connectivity index (χ1n) is 10.5. The largest absolute Gasteiger partial charge is 0.379 e. The van der Waals surface area contributed by atoms with Gasteiger partial charge in [0.05, 0.1) is 28.3 Å². The Hall–Kier alpha value is -1.60. The van der Waals surface area contributed by atoms with Crippen molar-refractivity contribution in [3.63, 3.8) is 0 Å². The van der Waals surface area contributed by atoms with Crippen molar-refractivity contribution in [2.24, 2.45) is 0 Å². The van der Waals surface area contributed by atoms with E-state index >= 15 is 0 Å². The van der Waals surface area contributed by atoms with Crippen LogP contribution in [0.3, 0.4) is 0 Å². The van der Waals surface area contributed by atoms with E-state index in [1.165, 1.54) is 27.8 Å². The minimum atomic E-state index is -3.61. The van der Waals surface area contributed by atoms with Crippen LogP contribution in [0, 0.1) is 0 Å². The Morgan fingerprint density at radius 1 is 1.12 bits per heavy atom. The number of ether oxygens (including phenoxy) is 1. The molecule has 0 radical (unpaired) electrons. The van der Waals surface area contributed by atoms with E-state index in [0.29, 0.717) is 50.1 Å². The van der Waals surface area contributed by atoms with E-state index in [0.717, 1.165) is 14.7 Å². The summed E-state index contributed by atoms with van der Waals surface area (Å²) in [6.45, 7) is 2.55. The molecule has 1 saturated heterocycles. The summed E-state index contributed by atoms with van der Waals surface area (Å²) in [5.74, 6) is -0.217. The fourth-order valence-corrected chi connectivity index (χ4v) is 6.40. The molecule has 8 nitrogen and oxygen atoms in total. The van der Waals surface area contributed by atoms with Gasteiger partial charge < -0.3 is 9.64 Å². The number of morpholine rings is 1. The second-order valence-electron chi connectivity index (χ2n) is 7.91. The number of halogens is 2. The Morgan fingerprint density at radius 3 is 2.44 bits per heavy atom. The van der Waals surface area contributed by atoms with E-state index in [-0.39, 0.29) is 23.2 Å². The Labute approximate surface area is 218 Å². The number of hydrogen-bond acceptors (Lipinski definition) is 7. The first-order valence-corrected chi connectivity index (χ1v) is 13.5. The zero-order chi connectivity index (χ0) is 23.6. The van der Waals surface area contributed by atoms with Crippen LogP contribution in [0.2, 0.25) is 0 Å². The highest BCUT2D eigenvalue weighted by Gasteiger charge is 2.27. The van der Waals surface area contributed by atoms with E-state index in [9.17, 15) is 13.2 Å². The number of benzene rings is 2. The number of hydrogen-bond donors (Lipinski definition) is 0. The topological polar surface area (TPSA) is 83.1 Å². The normalized spacial score (nSPS) is 14.8. The van der Waals surface area contributed by atoms with Crippen LogP contribution in [0.15, 0.2) is 51.8 Å². The van der Waals surface area contributed by atoms with Crippen LogP contribution in [-0.2, 0) is 14.8 Å². The van der Waals surface area contributed by atoms with E-state index < -0.39 is 10.0 Å². The van der Waals surface area contributed by atoms with Crippen LogP contribution in [0.5, 0.6) is 0 Å². The molecule has 1 fully saturated rings. The van der Waals surface area contributed by atoms with Crippen LogP contribution in [-0.4, -0.2) is 82.0 Å². The zero-order valence-electron chi connectivity index (χ0n) is 18.8. The van der Waals surface area contributed by atoms with Gasteiger partial charge in [-0.1, -0.05) is 27.3 Å². The number of amides is 1. The van der Waals surface area contributed by atoms with Crippen molar-refractivity contribution in [2.75, 3.05) is 58.4 Å². The fourth-order valence-electron chi connectivity index (χ4n) is 3.45. The maximum absolute atomic E-state index is 13.5. The third-order valence-corrected chi connectivity index (χ3v) is 8.74. The summed E-state index contributed by atoms with van der Waals surface area (Å²) in [5, 5.41) is 0.611. The summed E-state index contributed by atoms with van der Waals surface area (Å²) in [7, 11) is 0.283. The van der Waals surface area contributed by atoms with Gasteiger partial charge >= 0.3 is 0 Å². The van der Waals surface area contributed by atoms with Crippen LogP contribution < -0.4 is 4.90 Å². The van der Waals surface area contributed by atoms with E-state index in [1.807, 2.05) is 37.2 Å². The summed E-state index contributed by atoms with van der Waals surface area (Å²) in [5.41, 5.74) is 1.24. The minimum absolute atomic E-state index is 0. The summed E-state index contributed by atoms with van der Waals surface area (Å²) in [4.78, 5) is 22.0. The minimum Gasteiger partial charge on any atom is -0.379 e. The molecule has 0 spiro atoms. The summed E-state index contributed by atoms with van der Waals surface area (Å²) >= 11 is 4.93. The Morgan fingerprint density at radius 2 is 1.79 bits per heavy atom.